The summed E-state index contributed by atoms with van der Waals surface area (Å²) in [7, 11) is 0. The molecule has 0 atom stereocenters. The average Bonchev–Trinajstić information content (AvgIpc) is 2.93. The second-order valence-electron chi connectivity index (χ2n) is 5.44. The molecule has 22 heavy (non-hydrogen) atoms. The zero-order valence-corrected chi connectivity index (χ0v) is 12.5. The highest BCUT2D eigenvalue weighted by Gasteiger charge is 2.25. The van der Waals surface area contributed by atoms with Gasteiger partial charge in [0.15, 0.2) is 0 Å². The van der Waals surface area contributed by atoms with Crippen molar-refractivity contribution in [1.29, 1.82) is 0 Å². The molecule has 0 radical (unpaired) electrons. The van der Waals surface area contributed by atoms with Gasteiger partial charge in [-0.25, -0.2) is 0 Å². The van der Waals surface area contributed by atoms with Crippen molar-refractivity contribution < 1.29 is 9.59 Å². The van der Waals surface area contributed by atoms with Gasteiger partial charge in [-0.2, -0.15) is 0 Å². The number of benzene rings is 2. The fraction of sp³-hybridized carbons (Fsp3) is 0.222. The molecule has 1 heterocycles. The number of carbonyl (C=O) groups is 2. The number of carbonyl (C=O) groups excluding carboxylic acids is 2. The Morgan fingerprint density at radius 3 is 2.59 bits per heavy atom. The van der Waals surface area contributed by atoms with Gasteiger partial charge in [-0.3, -0.25) is 9.59 Å². The number of nitrogens with zero attached hydrogens (tertiary/aromatic N) is 1. The van der Waals surface area contributed by atoms with Crippen LogP contribution in [-0.4, -0.2) is 18.4 Å². The second kappa shape index (κ2) is 6.02. The number of hydrogen-bond donors (Lipinski definition) is 1. The van der Waals surface area contributed by atoms with Gasteiger partial charge < -0.3 is 10.2 Å². The zero-order valence-electron chi connectivity index (χ0n) is 12.5. The van der Waals surface area contributed by atoms with Crippen LogP contribution in [0.4, 0.5) is 11.4 Å². The molecule has 0 aromatic heterocycles. The van der Waals surface area contributed by atoms with Crippen molar-refractivity contribution in [2.24, 2.45) is 0 Å². The van der Waals surface area contributed by atoms with E-state index in [-0.39, 0.29) is 11.8 Å². The van der Waals surface area contributed by atoms with Crippen molar-refractivity contribution in [1.82, 2.24) is 0 Å². The number of amides is 2. The molecule has 0 aliphatic carbocycles. The van der Waals surface area contributed by atoms with E-state index in [1.807, 2.05) is 48.5 Å². The number of hydrogen-bond acceptors (Lipinski definition) is 2. The molecule has 2 amide bonds. The van der Waals surface area contributed by atoms with E-state index in [0.717, 1.165) is 23.2 Å². The monoisotopic (exact) mass is 294 g/mol. The molecule has 0 fully saturated rings. The van der Waals surface area contributed by atoms with Crippen LogP contribution in [0.25, 0.3) is 0 Å². The van der Waals surface area contributed by atoms with Crippen LogP contribution in [-0.2, 0) is 22.4 Å². The first kappa shape index (κ1) is 14.3. The molecule has 2 aromatic carbocycles. The molecular formula is C18H18N2O2. The van der Waals surface area contributed by atoms with Gasteiger partial charge in [-0.1, -0.05) is 42.5 Å². The lowest BCUT2D eigenvalue weighted by Crippen LogP contribution is -2.27. The van der Waals surface area contributed by atoms with Crippen molar-refractivity contribution in [3.63, 3.8) is 0 Å². The molecule has 1 aliphatic heterocycles. The van der Waals surface area contributed by atoms with Crippen molar-refractivity contribution >= 4 is 23.2 Å². The number of rotatable bonds is 3. The first-order valence-corrected chi connectivity index (χ1v) is 7.39. The van der Waals surface area contributed by atoms with Gasteiger partial charge in [0, 0.05) is 13.5 Å². The van der Waals surface area contributed by atoms with Gasteiger partial charge >= 0.3 is 0 Å². The minimum Gasteiger partial charge on any atom is -0.324 e. The highest BCUT2D eigenvalue weighted by molar-refractivity contribution is 6.02. The van der Waals surface area contributed by atoms with Crippen molar-refractivity contribution in [3.8, 4) is 0 Å². The third kappa shape index (κ3) is 2.86. The summed E-state index contributed by atoms with van der Waals surface area (Å²) in [5, 5.41) is 2.94. The summed E-state index contributed by atoms with van der Waals surface area (Å²) in [6, 6.07) is 15.4. The van der Waals surface area contributed by atoms with Crippen LogP contribution in [0.2, 0.25) is 0 Å². The Hall–Kier alpha value is -2.62. The maximum absolute atomic E-state index is 12.2. The summed E-state index contributed by atoms with van der Waals surface area (Å²) < 4.78 is 0. The van der Waals surface area contributed by atoms with Crippen LogP contribution in [0.5, 0.6) is 0 Å². The van der Waals surface area contributed by atoms with E-state index in [9.17, 15) is 9.59 Å². The van der Waals surface area contributed by atoms with E-state index >= 15 is 0 Å². The summed E-state index contributed by atoms with van der Waals surface area (Å²) in [5.74, 6) is -0.0708. The summed E-state index contributed by atoms with van der Waals surface area (Å²) in [6.07, 6.45) is 1.15. The van der Waals surface area contributed by atoms with E-state index in [1.54, 1.807) is 11.8 Å². The summed E-state index contributed by atoms with van der Waals surface area (Å²) in [6.45, 7) is 2.23. The quantitative estimate of drug-likeness (QED) is 0.946. The minimum atomic E-state index is -0.0741. The Labute approximate surface area is 129 Å². The van der Waals surface area contributed by atoms with E-state index in [1.165, 1.54) is 0 Å². The van der Waals surface area contributed by atoms with Gasteiger partial charge in [-0.05, 0) is 23.6 Å². The summed E-state index contributed by atoms with van der Waals surface area (Å²) >= 11 is 0. The smallest absolute Gasteiger partial charge is 0.228 e. The molecule has 0 saturated carbocycles. The fourth-order valence-corrected chi connectivity index (χ4v) is 2.85. The van der Waals surface area contributed by atoms with E-state index < -0.39 is 0 Å². The average molecular weight is 294 g/mol. The molecule has 112 valence electrons. The Balaban J connectivity index is 1.80. The van der Waals surface area contributed by atoms with Crippen molar-refractivity contribution in [3.05, 3.63) is 59.7 Å². The SMILES string of the molecule is CC(=O)N1CCc2cccc(NC(=O)Cc3ccccc3)c21. The molecule has 0 spiro atoms. The number of fused-ring (bicyclic) bond motifs is 1. The number of nitrogens with one attached hydrogen (secondary N) is 1. The zero-order chi connectivity index (χ0) is 15.5. The van der Waals surface area contributed by atoms with Crippen molar-refractivity contribution in [2.45, 2.75) is 19.8 Å². The molecular weight excluding hydrogens is 276 g/mol. The first-order chi connectivity index (χ1) is 10.6. The third-order valence-electron chi connectivity index (χ3n) is 3.86. The Bertz CT molecular complexity index is 710. The van der Waals surface area contributed by atoms with Gasteiger partial charge in [0.1, 0.15) is 0 Å². The van der Waals surface area contributed by atoms with Crippen molar-refractivity contribution in [2.75, 3.05) is 16.8 Å². The lowest BCUT2D eigenvalue weighted by Gasteiger charge is -2.19. The van der Waals surface area contributed by atoms with Gasteiger partial charge in [0.2, 0.25) is 11.8 Å². The maximum Gasteiger partial charge on any atom is 0.228 e. The normalized spacial score (nSPS) is 12.9. The van der Waals surface area contributed by atoms with Gasteiger partial charge in [-0.15, -0.1) is 0 Å². The minimum absolute atomic E-state index is 0.00325. The molecule has 0 bridgehead atoms. The molecule has 4 heteroatoms. The lowest BCUT2D eigenvalue weighted by molar-refractivity contribution is -0.117. The highest BCUT2D eigenvalue weighted by Crippen LogP contribution is 2.35. The molecule has 2 aromatic rings. The van der Waals surface area contributed by atoms with E-state index in [4.69, 9.17) is 0 Å². The first-order valence-electron chi connectivity index (χ1n) is 7.39. The van der Waals surface area contributed by atoms with E-state index in [2.05, 4.69) is 5.32 Å². The molecule has 1 aliphatic rings. The second-order valence-corrected chi connectivity index (χ2v) is 5.44. The largest absolute Gasteiger partial charge is 0.324 e. The molecule has 0 unspecified atom stereocenters. The molecule has 4 nitrogen and oxygen atoms in total. The molecule has 0 saturated heterocycles. The van der Waals surface area contributed by atoms with E-state index in [0.29, 0.717) is 18.7 Å². The standard InChI is InChI=1S/C18H18N2O2/c1-13(21)20-11-10-15-8-5-9-16(18(15)20)19-17(22)12-14-6-3-2-4-7-14/h2-9H,10-12H2,1H3,(H,19,22). The van der Waals surface area contributed by atoms with Crippen LogP contribution in [0, 0.1) is 0 Å². The van der Waals surface area contributed by atoms with Crippen LogP contribution in [0.1, 0.15) is 18.1 Å². The fourth-order valence-electron chi connectivity index (χ4n) is 2.85. The summed E-state index contributed by atoms with van der Waals surface area (Å²) in [4.78, 5) is 25.7. The predicted octanol–water partition coefficient (Wildman–Crippen LogP) is 2.78. The van der Waals surface area contributed by atoms with Crippen LogP contribution in [0.15, 0.2) is 48.5 Å². The third-order valence-corrected chi connectivity index (χ3v) is 3.86. The number of anilines is 2. The van der Waals surface area contributed by atoms with Gasteiger partial charge in [0.25, 0.3) is 0 Å². The molecule has 3 rings (SSSR count). The Kier molecular flexibility index (Phi) is 3.92. The highest BCUT2D eigenvalue weighted by atomic mass is 16.2. The number of para-hydroxylation sites is 1. The predicted molar refractivity (Wildman–Crippen MR) is 86.9 cm³/mol. The van der Waals surface area contributed by atoms with Crippen LogP contribution >= 0.6 is 0 Å². The maximum atomic E-state index is 12.2. The molecule has 1 N–H and O–H groups in total. The van der Waals surface area contributed by atoms with Crippen LogP contribution < -0.4 is 10.2 Å². The van der Waals surface area contributed by atoms with Gasteiger partial charge in [0.05, 0.1) is 17.8 Å². The van der Waals surface area contributed by atoms with Crippen LogP contribution in [0.3, 0.4) is 0 Å². The Morgan fingerprint density at radius 1 is 1.09 bits per heavy atom. The Morgan fingerprint density at radius 2 is 1.86 bits per heavy atom. The topological polar surface area (TPSA) is 49.4 Å². The summed E-state index contributed by atoms with van der Waals surface area (Å²) in [5.41, 5.74) is 3.63. The lowest BCUT2D eigenvalue weighted by atomic mass is 10.1.